The Hall–Kier alpha value is -3.91. The van der Waals surface area contributed by atoms with Crippen LogP contribution in [-0.4, -0.2) is 9.55 Å². The molecule has 1 heterocycles. The molecule has 6 rings (SSSR count). The Bertz CT molecular complexity index is 1790. The molecule has 1 aliphatic carbocycles. The Morgan fingerprint density at radius 1 is 0.800 bits per heavy atom. The molecule has 2 atom stereocenters. The summed E-state index contributed by atoms with van der Waals surface area (Å²) in [5.74, 6) is 2.61. The van der Waals surface area contributed by atoms with Crippen LogP contribution < -0.4 is 0 Å². The number of imidazole rings is 1. The van der Waals surface area contributed by atoms with Gasteiger partial charge in [0.25, 0.3) is 0 Å². The van der Waals surface area contributed by atoms with Crippen LogP contribution in [0.15, 0.2) is 97.3 Å². The van der Waals surface area contributed by atoms with E-state index in [1.54, 1.807) is 0 Å². The van der Waals surface area contributed by atoms with Gasteiger partial charge in [-0.2, -0.15) is 0 Å². The summed E-state index contributed by atoms with van der Waals surface area (Å²) in [4.78, 5) is 5.13. The number of benzene rings is 4. The first-order valence-corrected chi connectivity index (χ1v) is 17.0. The van der Waals surface area contributed by atoms with Gasteiger partial charge in [-0.05, 0) is 97.7 Å². The van der Waals surface area contributed by atoms with Crippen LogP contribution in [0.25, 0.3) is 39.3 Å². The summed E-state index contributed by atoms with van der Waals surface area (Å²) >= 11 is 0. The van der Waals surface area contributed by atoms with E-state index < -0.39 is 0 Å². The molecular weight excluding hydrogens is 544 g/mol. The van der Waals surface area contributed by atoms with Crippen LogP contribution in [0.5, 0.6) is 0 Å². The van der Waals surface area contributed by atoms with Crippen molar-refractivity contribution >= 4 is 0 Å². The molecule has 0 radical (unpaired) electrons. The highest BCUT2D eigenvalue weighted by molar-refractivity contribution is 5.79. The van der Waals surface area contributed by atoms with Gasteiger partial charge in [0.1, 0.15) is 5.82 Å². The van der Waals surface area contributed by atoms with Crippen molar-refractivity contribution in [3.63, 3.8) is 0 Å². The van der Waals surface area contributed by atoms with Gasteiger partial charge in [0, 0.05) is 18.0 Å². The number of aromatic nitrogens is 2. The topological polar surface area (TPSA) is 17.8 Å². The monoisotopic (exact) mass is 594 g/mol. The van der Waals surface area contributed by atoms with Crippen molar-refractivity contribution in [3.05, 3.63) is 120 Å². The van der Waals surface area contributed by atoms with Crippen molar-refractivity contribution in [3.8, 4) is 39.3 Å². The Morgan fingerprint density at radius 2 is 1.47 bits per heavy atom. The van der Waals surface area contributed by atoms with Crippen molar-refractivity contribution in [2.24, 2.45) is 5.92 Å². The fourth-order valence-electron chi connectivity index (χ4n) is 7.50. The van der Waals surface area contributed by atoms with Gasteiger partial charge in [-0.15, -0.1) is 0 Å². The SMILES string of the molecule is CC[C@H]1CC1(C)c1ccc(-c2c(C(C)C)cccc2C(C)C)cc1-c1nccn1-c1ccc(-c2ccccc2)cc1C(C)(C)C. The average Bonchev–Trinajstić information content (AvgIpc) is 3.46. The molecular formula is C43H50N2. The van der Waals surface area contributed by atoms with Gasteiger partial charge in [-0.25, -0.2) is 4.98 Å². The van der Waals surface area contributed by atoms with Crippen molar-refractivity contribution < 1.29 is 0 Å². The molecule has 0 N–H and O–H groups in total. The lowest BCUT2D eigenvalue weighted by atomic mass is 9.82. The number of hydrogen-bond acceptors (Lipinski definition) is 1. The van der Waals surface area contributed by atoms with E-state index in [0.717, 1.165) is 5.82 Å². The first kappa shape index (κ1) is 31.1. The minimum Gasteiger partial charge on any atom is -0.300 e. The van der Waals surface area contributed by atoms with E-state index >= 15 is 0 Å². The Kier molecular flexibility index (Phi) is 8.14. The predicted octanol–water partition coefficient (Wildman–Crippen LogP) is 12.1. The highest BCUT2D eigenvalue weighted by Crippen LogP contribution is 2.58. The molecule has 4 aromatic carbocycles. The molecule has 0 saturated heterocycles. The number of nitrogens with zero attached hydrogens (tertiary/aromatic N) is 2. The minimum absolute atomic E-state index is 0.0511. The maximum Gasteiger partial charge on any atom is 0.144 e. The zero-order chi connectivity index (χ0) is 32.1. The minimum atomic E-state index is -0.0511. The maximum atomic E-state index is 5.13. The molecule has 1 unspecified atom stereocenters. The predicted molar refractivity (Wildman–Crippen MR) is 192 cm³/mol. The van der Waals surface area contributed by atoms with Crippen LogP contribution in [0.2, 0.25) is 0 Å². The fourth-order valence-corrected chi connectivity index (χ4v) is 7.50. The van der Waals surface area contributed by atoms with Gasteiger partial charge in [0.15, 0.2) is 0 Å². The first-order valence-electron chi connectivity index (χ1n) is 17.0. The summed E-state index contributed by atoms with van der Waals surface area (Å²) < 4.78 is 2.35. The van der Waals surface area contributed by atoms with E-state index in [0.29, 0.717) is 17.8 Å². The molecule has 1 aliphatic rings. The Labute approximate surface area is 271 Å². The van der Waals surface area contributed by atoms with Crippen molar-refractivity contribution in [2.45, 2.75) is 97.8 Å². The van der Waals surface area contributed by atoms with E-state index in [-0.39, 0.29) is 10.8 Å². The molecule has 1 fully saturated rings. The molecule has 5 aromatic rings. The van der Waals surface area contributed by atoms with Crippen molar-refractivity contribution in [1.82, 2.24) is 9.55 Å². The lowest BCUT2D eigenvalue weighted by Gasteiger charge is -2.26. The smallest absolute Gasteiger partial charge is 0.144 e. The zero-order valence-electron chi connectivity index (χ0n) is 28.8. The first-order chi connectivity index (χ1) is 21.4. The molecule has 232 valence electrons. The highest BCUT2D eigenvalue weighted by atomic mass is 15.1. The summed E-state index contributed by atoms with van der Waals surface area (Å²) in [5, 5.41) is 0. The van der Waals surface area contributed by atoms with Gasteiger partial charge in [-0.1, -0.05) is 135 Å². The highest BCUT2D eigenvalue weighted by Gasteiger charge is 2.51. The van der Waals surface area contributed by atoms with Gasteiger partial charge >= 0.3 is 0 Å². The van der Waals surface area contributed by atoms with Crippen molar-refractivity contribution in [2.75, 3.05) is 0 Å². The average molecular weight is 595 g/mol. The molecule has 45 heavy (non-hydrogen) atoms. The van der Waals surface area contributed by atoms with Crippen LogP contribution in [0.1, 0.15) is 109 Å². The van der Waals surface area contributed by atoms with Gasteiger partial charge in [-0.3, -0.25) is 4.57 Å². The summed E-state index contributed by atoms with van der Waals surface area (Å²) in [6, 6.07) is 31.8. The largest absolute Gasteiger partial charge is 0.300 e. The Balaban J connectivity index is 1.58. The molecule has 2 nitrogen and oxygen atoms in total. The summed E-state index contributed by atoms with van der Waals surface area (Å²) in [5.41, 5.74) is 13.3. The molecule has 2 heteroatoms. The van der Waals surface area contributed by atoms with E-state index in [9.17, 15) is 0 Å². The number of hydrogen-bond donors (Lipinski definition) is 0. The van der Waals surface area contributed by atoms with Gasteiger partial charge in [0.2, 0.25) is 0 Å². The third kappa shape index (κ3) is 5.69. The molecule has 1 saturated carbocycles. The standard InChI is InChI=1S/C43H50N2/c1-10-33-27-43(33,9)37-21-19-32(40-34(28(2)3)17-14-18-35(40)29(4)5)25-36(37)41-44-23-24-45(41)39-22-20-31(26-38(39)42(6,7)8)30-15-12-11-13-16-30/h11-26,28-29,33H,10,27H2,1-9H3/t33-,43?/m0/s1. The second kappa shape index (κ2) is 11.8. The lowest BCUT2D eigenvalue weighted by Crippen LogP contribution is -2.16. The van der Waals surface area contributed by atoms with Crippen LogP contribution >= 0.6 is 0 Å². The van der Waals surface area contributed by atoms with E-state index in [1.165, 1.54) is 68.6 Å². The van der Waals surface area contributed by atoms with Gasteiger partial charge < -0.3 is 0 Å². The molecule has 0 aliphatic heterocycles. The normalized spacial score (nSPS) is 18.2. The zero-order valence-corrected chi connectivity index (χ0v) is 28.8. The van der Waals surface area contributed by atoms with Crippen LogP contribution in [0.3, 0.4) is 0 Å². The van der Waals surface area contributed by atoms with Crippen molar-refractivity contribution in [1.29, 1.82) is 0 Å². The van der Waals surface area contributed by atoms with Crippen LogP contribution in [-0.2, 0) is 10.8 Å². The van der Waals surface area contributed by atoms with E-state index in [1.807, 2.05) is 6.20 Å². The van der Waals surface area contributed by atoms with Gasteiger partial charge in [0.05, 0.1) is 5.69 Å². The Morgan fingerprint density at radius 3 is 2.07 bits per heavy atom. The third-order valence-electron chi connectivity index (χ3n) is 10.3. The molecule has 0 bridgehead atoms. The quantitative estimate of drug-likeness (QED) is 0.175. The summed E-state index contributed by atoms with van der Waals surface area (Å²) in [7, 11) is 0. The summed E-state index contributed by atoms with van der Waals surface area (Å²) in [6.07, 6.45) is 6.58. The van der Waals surface area contributed by atoms with E-state index in [4.69, 9.17) is 4.98 Å². The second-order valence-electron chi connectivity index (χ2n) is 15.1. The van der Waals surface area contributed by atoms with Crippen LogP contribution in [0.4, 0.5) is 0 Å². The molecule has 0 amide bonds. The molecule has 0 spiro atoms. The summed E-state index contributed by atoms with van der Waals surface area (Å²) in [6.45, 7) is 21.0. The number of rotatable bonds is 8. The maximum absolute atomic E-state index is 5.13. The van der Waals surface area contributed by atoms with E-state index in [2.05, 4.69) is 158 Å². The second-order valence-corrected chi connectivity index (χ2v) is 15.1. The fraction of sp³-hybridized carbons (Fsp3) is 0.372. The third-order valence-corrected chi connectivity index (χ3v) is 10.3. The lowest BCUT2D eigenvalue weighted by molar-refractivity contribution is 0.586. The van der Waals surface area contributed by atoms with Crippen LogP contribution in [0, 0.1) is 5.92 Å². The molecule has 1 aromatic heterocycles.